The summed E-state index contributed by atoms with van der Waals surface area (Å²) in [5.74, 6) is -1.75. The van der Waals surface area contributed by atoms with Gasteiger partial charge in [0.15, 0.2) is 0 Å². The van der Waals surface area contributed by atoms with Crippen LogP contribution in [0.5, 0.6) is 0 Å². The Morgan fingerprint density at radius 1 is 1.22 bits per heavy atom. The van der Waals surface area contributed by atoms with E-state index in [1.807, 2.05) is 37.3 Å². The van der Waals surface area contributed by atoms with Gasteiger partial charge in [-0.05, 0) is 18.9 Å². The third-order valence-corrected chi connectivity index (χ3v) is 3.29. The van der Waals surface area contributed by atoms with Crippen molar-refractivity contribution in [2.45, 2.75) is 38.3 Å². The average Bonchev–Trinajstić information content (AvgIpc) is 2.51. The van der Waals surface area contributed by atoms with Crippen molar-refractivity contribution < 1.29 is 19.5 Å². The molecule has 23 heavy (non-hydrogen) atoms. The van der Waals surface area contributed by atoms with Crippen molar-refractivity contribution in [3.05, 3.63) is 35.9 Å². The maximum absolute atomic E-state index is 11.8. The fraction of sp³-hybridized carbons (Fsp3) is 0.438. The molecule has 7 nitrogen and oxygen atoms in total. The van der Waals surface area contributed by atoms with Gasteiger partial charge in [-0.3, -0.25) is 14.4 Å². The number of hydrogen-bond donors (Lipinski definition) is 4. The molecule has 0 aliphatic carbocycles. The first-order valence-electron chi connectivity index (χ1n) is 7.49. The summed E-state index contributed by atoms with van der Waals surface area (Å²) in [7, 11) is 0. The van der Waals surface area contributed by atoms with Crippen LogP contribution in [0.3, 0.4) is 0 Å². The number of carboxylic acid groups (broad SMARTS) is 1. The third-order valence-electron chi connectivity index (χ3n) is 3.29. The SMILES string of the molecule is C[C@H](NC(=O)CCCNC(=O)C(N)CC(=O)O)c1ccccc1. The van der Waals surface area contributed by atoms with Gasteiger partial charge in [0.05, 0.1) is 18.5 Å². The Hall–Kier alpha value is -2.41. The molecule has 2 atom stereocenters. The van der Waals surface area contributed by atoms with Crippen molar-refractivity contribution >= 4 is 17.8 Å². The molecule has 2 amide bonds. The number of aliphatic carboxylic acids is 1. The molecule has 0 fully saturated rings. The van der Waals surface area contributed by atoms with Crippen LogP contribution in [0.1, 0.15) is 37.8 Å². The second-order valence-corrected chi connectivity index (χ2v) is 5.30. The fourth-order valence-electron chi connectivity index (χ4n) is 2.01. The van der Waals surface area contributed by atoms with Crippen LogP contribution in [0.15, 0.2) is 30.3 Å². The number of nitrogens with two attached hydrogens (primary N) is 1. The molecule has 1 aromatic rings. The van der Waals surface area contributed by atoms with E-state index >= 15 is 0 Å². The number of nitrogens with one attached hydrogen (secondary N) is 2. The zero-order valence-electron chi connectivity index (χ0n) is 13.1. The van der Waals surface area contributed by atoms with Crippen molar-refractivity contribution in [1.82, 2.24) is 10.6 Å². The number of hydrogen-bond acceptors (Lipinski definition) is 4. The number of carbonyl (C=O) groups is 3. The molecular weight excluding hydrogens is 298 g/mol. The Kier molecular flexibility index (Phi) is 7.76. The number of carbonyl (C=O) groups excluding carboxylic acids is 2. The molecule has 0 spiro atoms. The lowest BCUT2D eigenvalue weighted by molar-refractivity contribution is -0.139. The standard InChI is InChI=1S/C16H23N3O4/c1-11(12-6-3-2-4-7-12)19-14(20)8-5-9-18-16(23)13(17)10-15(21)22/h2-4,6-7,11,13H,5,8-10,17H2,1H3,(H,18,23)(H,19,20)(H,21,22)/t11-,13?/m0/s1. The molecule has 1 aromatic carbocycles. The molecular formula is C16H23N3O4. The van der Waals surface area contributed by atoms with E-state index in [9.17, 15) is 14.4 Å². The van der Waals surface area contributed by atoms with Crippen LogP contribution >= 0.6 is 0 Å². The number of carboxylic acids is 1. The second-order valence-electron chi connectivity index (χ2n) is 5.30. The fourth-order valence-corrected chi connectivity index (χ4v) is 2.01. The van der Waals surface area contributed by atoms with E-state index in [4.69, 9.17) is 10.8 Å². The summed E-state index contributed by atoms with van der Waals surface area (Å²) in [6.07, 6.45) is 0.311. The molecule has 0 aliphatic rings. The first-order chi connectivity index (χ1) is 10.9. The van der Waals surface area contributed by atoms with E-state index in [0.717, 1.165) is 5.56 Å². The Balaban J connectivity index is 2.21. The second kappa shape index (κ2) is 9.58. The largest absolute Gasteiger partial charge is 0.481 e. The minimum Gasteiger partial charge on any atom is -0.481 e. The number of amides is 2. The lowest BCUT2D eigenvalue weighted by Gasteiger charge is -2.14. The van der Waals surface area contributed by atoms with Crippen molar-refractivity contribution in [2.24, 2.45) is 5.73 Å². The molecule has 1 rings (SSSR count). The van der Waals surface area contributed by atoms with Gasteiger partial charge in [-0.1, -0.05) is 30.3 Å². The molecule has 5 N–H and O–H groups in total. The topological polar surface area (TPSA) is 122 Å². The summed E-state index contributed by atoms with van der Waals surface area (Å²) in [6, 6.07) is 8.46. The highest BCUT2D eigenvalue weighted by atomic mass is 16.4. The van der Waals surface area contributed by atoms with E-state index in [2.05, 4.69) is 10.6 Å². The van der Waals surface area contributed by atoms with Crippen molar-refractivity contribution in [1.29, 1.82) is 0 Å². The van der Waals surface area contributed by atoms with E-state index < -0.39 is 24.3 Å². The normalized spacial score (nSPS) is 13.0. The van der Waals surface area contributed by atoms with Crippen LogP contribution in [0.4, 0.5) is 0 Å². The molecule has 0 aliphatic heterocycles. The highest BCUT2D eigenvalue weighted by Gasteiger charge is 2.16. The van der Waals surface area contributed by atoms with Crippen molar-refractivity contribution in [2.75, 3.05) is 6.54 Å². The van der Waals surface area contributed by atoms with Crippen LogP contribution in [-0.2, 0) is 14.4 Å². The number of rotatable bonds is 9. The minimum atomic E-state index is -1.12. The molecule has 0 saturated carbocycles. The van der Waals surface area contributed by atoms with Gasteiger partial charge in [0.1, 0.15) is 0 Å². The van der Waals surface area contributed by atoms with Gasteiger partial charge in [0.2, 0.25) is 11.8 Å². The van der Waals surface area contributed by atoms with Crippen LogP contribution in [0.25, 0.3) is 0 Å². The zero-order chi connectivity index (χ0) is 17.2. The Labute approximate surface area is 135 Å². The summed E-state index contributed by atoms with van der Waals surface area (Å²) in [5, 5.41) is 13.9. The smallest absolute Gasteiger partial charge is 0.305 e. The summed E-state index contributed by atoms with van der Waals surface area (Å²) in [6.45, 7) is 2.18. The van der Waals surface area contributed by atoms with Gasteiger partial charge in [0.25, 0.3) is 0 Å². The molecule has 0 heterocycles. The third kappa shape index (κ3) is 7.42. The van der Waals surface area contributed by atoms with Crippen LogP contribution < -0.4 is 16.4 Å². The molecule has 126 valence electrons. The Morgan fingerprint density at radius 2 is 1.87 bits per heavy atom. The minimum absolute atomic E-state index is 0.0812. The van der Waals surface area contributed by atoms with E-state index in [1.54, 1.807) is 0 Å². The van der Waals surface area contributed by atoms with E-state index in [1.165, 1.54) is 0 Å². The lowest BCUT2D eigenvalue weighted by Crippen LogP contribution is -2.42. The van der Waals surface area contributed by atoms with E-state index in [-0.39, 0.29) is 24.9 Å². The summed E-state index contributed by atoms with van der Waals surface area (Å²) in [5.41, 5.74) is 6.44. The monoisotopic (exact) mass is 321 g/mol. The van der Waals surface area contributed by atoms with Crippen LogP contribution in [0, 0.1) is 0 Å². The quantitative estimate of drug-likeness (QED) is 0.495. The van der Waals surface area contributed by atoms with Crippen molar-refractivity contribution in [3.8, 4) is 0 Å². The summed E-state index contributed by atoms with van der Waals surface area (Å²) >= 11 is 0. The molecule has 1 unspecified atom stereocenters. The molecule has 7 heteroatoms. The zero-order valence-corrected chi connectivity index (χ0v) is 13.1. The molecule has 0 radical (unpaired) electrons. The molecule has 0 aromatic heterocycles. The predicted octanol–water partition coefficient (Wildman–Crippen LogP) is 0.562. The first kappa shape index (κ1) is 18.6. The van der Waals surface area contributed by atoms with Crippen molar-refractivity contribution in [3.63, 3.8) is 0 Å². The predicted molar refractivity (Wildman–Crippen MR) is 85.5 cm³/mol. The average molecular weight is 321 g/mol. The van der Waals surface area contributed by atoms with Crippen LogP contribution in [0.2, 0.25) is 0 Å². The van der Waals surface area contributed by atoms with E-state index in [0.29, 0.717) is 6.42 Å². The number of benzene rings is 1. The highest BCUT2D eigenvalue weighted by molar-refractivity contribution is 5.85. The van der Waals surface area contributed by atoms with Gasteiger partial charge in [-0.25, -0.2) is 0 Å². The summed E-state index contributed by atoms with van der Waals surface area (Å²) < 4.78 is 0. The van der Waals surface area contributed by atoms with Gasteiger partial charge in [-0.15, -0.1) is 0 Å². The molecule has 0 saturated heterocycles. The maximum Gasteiger partial charge on any atom is 0.305 e. The van der Waals surface area contributed by atoms with Gasteiger partial charge in [-0.2, -0.15) is 0 Å². The Morgan fingerprint density at radius 3 is 2.48 bits per heavy atom. The van der Waals surface area contributed by atoms with Crippen LogP contribution in [-0.4, -0.2) is 35.5 Å². The highest BCUT2D eigenvalue weighted by Crippen LogP contribution is 2.11. The Bertz CT molecular complexity index is 533. The molecule has 0 bridgehead atoms. The van der Waals surface area contributed by atoms with Gasteiger partial charge in [0, 0.05) is 13.0 Å². The van der Waals surface area contributed by atoms with Gasteiger partial charge < -0.3 is 21.5 Å². The first-order valence-corrected chi connectivity index (χ1v) is 7.49. The van der Waals surface area contributed by atoms with Gasteiger partial charge >= 0.3 is 5.97 Å². The lowest BCUT2D eigenvalue weighted by atomic mass is 10.1. The summed E-state index contributed by atoms with van der Waals surface area (Å²) in [4.78, 5) is 33.8. The maximum atomic E-state index is 11.8.